The third kappa shape index (κ3) is 4.19. The van der Waals surface area contributed by atoms with E-state index in [9.17, 15) is 9.90 Å². The molecule has 0 aliphatic carbocycles. The minimum atomic E-state index is -0.170. The fourth-order valence-corrected chi connectivity index (χ4v) is 3.26. The predicted molar refractivity (Wildman–Crippen MR) is 85.1 cm³/mol. The number of Topliss-reactive ketones (excluding diaryl/α,β-unsaturated/α-hetero) is 1. The topological polar surface area (TPSA) is 43.8 Å². The summed E-state index contributed by atoms with van der Waals surface area (Å²) in [5, 5.41) is 10.7. The van der Waals surface area contributed by atoms with Crippen molar-refractivity contribution in [3.8, 4) is 5.75 Å². The number of phenols is 1. The number of likely N-dealkylation sites (tertiary alicyclic amines) is 1. The maximum atomic E-state index is 11.5. The lowest BCUT2D eigenvalue weighted by Gasteiger charge is -2.22. The fraction of sp³-hybridized carbons (Fsp3) is 0.562. The van der Waals surface area contributed by atoms with Crippen LogP contribution in [0.4, 0.5) is 0 Å². The van der Waals surface area contributed by atoms with Crippen LogP contribution < -0.4 is 0 Å². The third-order valence-corrected chi connectivity index (χ3v) is 4.25. The second-order valence-corrected chi connectivity index (χ2v) is 6.57. The predicted octanol–water partition coefficient (Wildman–Crippen LogP) is 2.63. The van der Waals surface area contributed by atoms with Crippen LogP contribution in [0.5, 0.6) is 5.75 Å². The second kappa shape index (κ2) is 6.77. The maximum Gasteiger partial charge on any atom is 0.163 e. The Morgan fingerprint density at radius 1 is 1.52 bits per heavy atom. The summed E-state index contributed by atoms with van der Waals surface area (Å²) >= 11 is 6.05. The molecular weight excluding hydrogens is 288 g/mol. The molecule has 1 aromatic rings. The van der Waals surface area contributed by atoms with Gasteiger partial charge in [0.1, 0.15) is 5.75 Å². The van der Waals surface area contributed by atoms with Crippen LogP contribution in [0.25, 0.3) is 0 Å². The average Bonchev–Trinajstić information content (AvgIpc) is 2.78. The number of carbonyl (C=O) groups is 1. The van der Waals surface area contributed by atoms with Crippen molar-refractivity contribution in [2.24, 2.45) is 5.92 Å². The first-order valence-corrected chi connectivity index (χ1v) is 7.64. The quantitative estimate of drug-likeness (QED) is 0.849. The number of hydrogen-bond donors (Lipinski definition) is 1. The molecular formula is C16H23ClN2O2. The molecule has 0 radical (unpaired) electrons. The molecule has 1 saturated heterocycles. The number of benzene rings is 1. The van der Waals surface area contributed by atoms with Gasteiger partial charge in [0.15, 0.2) is 5.78 Å². The number of nitrogens with zero attached hydrogens (tertiary/aromatic N) is 2. The summed E-state index contributed by atoms with van der Waals surface area (Å²) in [7, 11) is 4.17. The molecule has 4 nitrogen and oxygen atoms in total. The SMILES string of the molecule is CC(=O)c1cc(Cl)cc(CN(C)CC2CCN(C)C2)c1O. The van der Waals surface area contributed by atoms with Crippen molar-refractivity contribution < 1.29 is 9.90 Å². The number of carbonyl (C=O) groups excluding carboxylic acids is 1. The summed E-state index contributed by atoms with van der Waals surface area (Å²) in [5.74, 6) is 0.548. The Labute approximate surface area is 131 Å². The Morgan fingerprint density at radius 3 is 2.81 bits per heavy atom. The van der Waals surface area contributed by atoms with Gasteiger partial charge in [-0.2, -0.15) is 0 Å². The molecule has 5 heteroatoms. The van der Waals surface area contributed by atoms with Crippen molar-refractivity contribution in [3.05, 3.63) is 28.3 Å². The van der Waals surface area contributed by atoms with Gasteiger partial charge in [-0.3, -0.25) is 4.79 Å². The van der Waals surface area contributed by atoms with Crippen LogP contribution in [0, 0.1) is 5.92 Å². The molecule has 0 spiro atoms. The van der Waals surface area contributed by atoms with E-state index in [1.165, 1.54) is 19.4 Å². The minimum absolute atomic E-state index is 0.0577. The Bertz CT molecular complexity index is 533. The van der Waals surface area contributed by atoms with Crippen LogP contribution in [-0.4, -0.2) is 54.4 Å². The summed E-state index contributed by atoms with van der Waals surface area (Å²) in [4.78, 5) is 16.0. The highest BCUT2D eigenvalue weighted by Crippen LogP contribution is 2.29. The molecule has 1 unspecified atom stereocenters. The number of rotatable bonds is 5. The summed E-state index contributed by atoms with van der Waals surface area (Å²) in [6, 6.07) is 3.26. The number of halogens is 1. The normalized spacial score (nSPS) is 19.4. The first-order valence-electron chi connectivity index (χ1n) is 7.26. The van der Waals surface area contributed by atoms with Gasteiger partial charge in [-0.15, -0.1) is 0 Å². The standard InChI is InChI=1S/C16H23ClN2O2/c1-11(20)15-7-14(17)6-13(16(15)21)10-19(3)9-12-4-5-18(2)8-12/h6-7,12,21H,4-5,8-10H2,1-3H3. The first kappa shape index (κ1) is 16.3. The fourth-order valence-electron chi connectivity index (χ4n) is 3.02. The van der Waals surface area contributed by atoms with Crippen LogP contribution in [0.2, 0.25) is 5.02 Å². The number of hydrogen-bond acceptors (Lipinski definition) is 4. The van der Waals surface area contributed by atoms with Crippen molar-refractivity contribution in [2.75, 3.05) is 33.7 Å². The van der Waals surface area contributed by atoms with Crippen LogP contribution in [-0.2, 0) is 6.54 Å². The van der Waals surface area contributed by atoms with Gasteiger partial charge >= 0.3 is 0 Å². The highest BCUT2D eigenvalue weighted by Gasteiger charge is 2.21. The highest BCUT2D eigenvalue weighted by atomic mass is 35.5. The summed E-state index contributed by atoms with van der Waals surface area (Å²) < 4.78 is 0. The number of phenolic OH excluding ortho intramolecular Hbond substituents is 1. The van der Waals surface area contributed by atoms with Gasteiger partial charge in [0.25, 0.3) is 0 Å². The van der Waals surface area contributed by atoms with Gasteiger partial charge in [-0.05, 0) is 52.0 Å². The van der Waals surface area contributed by atoms with E-state index < -0.39 is 0 Å². The number of ketones is 1. The monoisotopic (exact) mass is 310 g/mol. The Hall–Kier alpha value is -1.10. The summed E-state index contributed by atoms with van der Waals surface area (Å²) in [6.45, 7) is 5.27. The van der Waals surface area contributed by atoms with Crippen LogP contribution in [0.1, 0.15) is 29.3 Å². The van der Waals surface area contributed by atoms with E-state index in [-0.39, 0.29) is 11.5 Å². The molecule has 1 heterocycles. The Kier molecular flexibility index (Phi) is 5.25. The van der Waals surface area contributed by atoms with Crippen molar-refractivity contribution in [2.45, 2.75) is 19.9 Å². The van der Waals surface area contributed by atoms with Crippen LogP contribution in [0.3, 0.4) is 0 Å². The zero-order valence-corrected chi connectivity index (χ0v) is 13.7. The average molecular weight is 311 g/mol. The molecule has 0 bridgehead atoms. The van der Waals surface area contributed by atoms with Gasteiger partial charge < -0.3 is 14.9 Å². The molecule has 1 aromatic carbocycles. The van der Waals surface area contributed by atoms with Gasteiger partial charge in [-0.25, -0.2) is 0 Å². The van der Waals surface area contributed by atoms with Crippen LogP contribution >= 0.6 is 11.6 Å². The van der Waals surface area contributed by atoms with Crippen molar-refractivity contribution in [3.63, 3.8) is 0 Å². The van der Waals surface area contributed by atoms with Crippen molar-refractivity contribution >= 4 is 17.4 Å². The van der Waals surface area contributed by atoms with E-state index in [1.54, 1.807) is 6.07 Å². The Balaban J connectivity index is 2.06. The molecule has 116 valence electrons. The second-order valence-electron chi connectivity index (χ2n) is 6.13. The number of aromatic hydroxyl groups is 1. The maximum absolute atomic E-state index is 11.5. The summed E-state index contributed by atoms with van der Waals surface area (Å²) in [6.07, 6.45) is 1.21. The van der Waals surface area contributed by atoms with E-state index in [2.05, 4.69) is 16.8 Å². The zero-order chi connectivity index (χ0) is 15.6. The lowest BCUT2D eigenvalue weighted by Crippen LogP contribution is -2.27. The lowest BCUT2D eigenvalue weighted by atomic mass is 10.0. The molecule has 1 atom stereocenters. The molecule has 1 N–H and O–H groups in total. The molecule has 1 aliphatic heterocycles. The Morgan fingerprint density at radius 2 is 2.24 bits per heavy atom. The molecule has 0 aromatic heterocycles. The molecule has 1 aliphatic rings. The first-order chi connectivity index (χ1) is 9.86. The largest absolute Gasteiger partial charge is 0.507 e. The molecule has 1 fully saturated rings. The van der Waals surface area contributed by atoms with Gasteiger partial charge in [0, 0.05) is 30.2 Å². The lowest BCUT2D eigenvalue weighted by molar-refractivity contribution is 0.101. The van der Waals surface area contributed by atoms with Crippen LogP contribution in [0.15, 0.2) is 12.1 Å². The molecule has 0 saturated carbocycles. The summed E-state index contributed by atoms with van der Waals surface area (Å²) in [5.41, 5.74) is 1.01. The van der Waals surface area contributed by atoms with E-state index in [1.807, 2.05) is 7.05 Å². The van der Waals surface area contributed by atoms with Crippen molar-refractivity contribution in [1.29, 1.82) is 0 Å². The molecule has 21 heavy (non-hydrogen) atoms. The molecule has 0 amide bonds. The van der Waals surface area contributed by atoms with Gasteiger partial charge in [0.2, 0.25) is 0 Å². The van der Waals surface area contributed by atoms with E-state index in [0.717, 1.165) is 19.6 Å². The smallest absolute Gasteiger partial charge is 0.163 e. The third-order valence-electron chi connectivity index (χ3n) is 4.03. The van der Waals surface area contributed by atoms with Crippen molar-refractivity contribution in [1.82, 2.24) is 9.80 Å². The minimum Gasteiger partial charge on any atom is -0.507 e. The van der Waals surface area contributed by atoms with E-state index in [0.29, 0.717) is 28.6 Å². The van der Waals surface area contributed by atoms with E-state index >= 15 is 0 Å². The molecule has 2 rings (SSSR count). The van der Waals surface area contributed by atoms with Gasteiger partial charge in [0.05, 0.1) is 5.56 Å². The zero-order valence-electron chi connectivity index (χ0n) is 12.9. The highest BCUT2D eigenvalue weighted by molar-refractivity contribution is 6.31. The van der Waals surface area contributed by atoms with E-state index in [4.69, 9.17) is 11.6 Å². The van der Waals surface area contributed by atoms with Gasteiger partial charge in [-0.1, -0.05) is 11.6 Å².